The molecule has 2 aliphatic rings. The normalized spacial score (nSPS) is 16.4. The van der Waals surface area contributed by atoms with E-state index in [1.165, 1.54) is 56.9 Å². The smallest absolute Gasteiger partial charge is 0.0544 e. The number of allylic oxidation sites excluding steroid dienone is 1. The van der Waals surface area contributed by atoms with E-state index in [4.69, 9.17) is 0 Å². The molecule has 0 spiro atoms. The van der Waals surface area contributed by atoms with Crippen molar-refractivity contribution in [1.82, 2.24) is 4.98 Å². The molecule has 1 aromatic heterocycles. The van der Waals surface area contributed by atoms with Gasteiger partial charge in [-0.25, -0.2) is 0 Å². The third-order valence-electron chi connectivity index (χ3n) is 5.85. The Hall–Kier alpha value is -2.80. The first-order chi connectivity index (χ1) is 12.4. The van der Waals surface area contributed by atoms with Crippen LogP contribution in [0.25, 0.3) is 39.0 Å². The van der Waals surface area contributed by atoms with Gasteiger partial charge in [0.1, 0.15) is 0 Å². The number of nitrogens with one attached hydrogen (secondary N) is 1. The van der Waals surface area contributed by atoms with Gasteiger partial charge in [-0.3, -0.25) is 0 Å². The highest BCUT2D eigenvalue weighted by Crippen LogP contribution is 2.45. The maximum absolute atomic E-state index is 3.66. The monoisotopic (exact) mass is 321 g/mol. The summed E-state index contributed by atoms with van der Waals surface area (Å²) in [5.41, 5.74) is 9.73. The maximum atomic E-state index is 3.66. The molecule has 0 unspecified atom stereocenters. The molecule has 0 radical (unpaired) electrons. The lowest BCUT2D eigenvalue weighted by Crippen LogP contribution is -1.89. The highest BCUT2D eigenvalue weighted by Gasteiger charge is 2.29. The summed E-state index contributed by atoms with van der Waals surface area (Å²) in [4.78, 5) is 3.66. The molecule has 0 bridgehead atoms. The van der Waals surface area contributed by atoms with Crippen LogP contribution in [0.15, 0.2) is 66.2 Å². The van der Waals surface area contributed by atoms with Crippen LogP contribution in [0.3, 0.4) is 0 Å². The summed E-state index contributed by atoms with van der Waals surface area (Å²) in [7, 11) is 0. The summed E-state index contributed by atoms with van der Waals surface area (Å²) < 4.78 is 0. The summed E-state index contributed by atoms with van der Waals surface area (Å²) in [6, 6.07) is 22.1. The number of hydrogen-bond donors (Lipinski definition) is 1. The molecular weight excluding hydrogens is 302 g/mol. The van der Waals surface area contributed by atoms with Gasteiger partial charge in [0.25, 0.3) is 0 Å². The minimum atomic E-state index is 0.851. The van der Waals surface area contributed by atoms with Crippen LogP contribution in [0.4, 0.5) is 0 Å². The topological polar surface area (TPSA) is 15.8 Å². The van der Waals surface area contributed by atoms with Crippen molar-refractivity contribution >= 4 is 27.9 Å². The second-order valence-electron chi connectivity index (χ2n) is 7.45. The molecule has 1 heterocycles. The van der Waals surface area contributed by atoms with Crippen LogP contribution in [-0.4, -0.2) is 4.98 Å². The van der Waals surface area contributed by atoms with Crippen LogP contribution in [-0.2, 0) is 6.42 Å². The number of rotatable bonds is 2. The van der Waals surface area contributed by atoms with Crippen LogP contribution < -0.4 is 0 Å². The van der Waals surface area contributed by atoms with E-state index in [0.717, 1.165) is 12.3 Å². The number of H-pyrrole nitrogens is 1. The van der Waals surface area contributed by atoms with E-state index in [-0.39, 0.29) is 0 Å². The van der Waals surface area contributed by atoms with Gasteiger partial charge in [-0.05, 0) is 47.9 Å². The molecule has 1 heteroatoms. The van der Waals surface area contributed by atoms with Crippen LogP contribution in [0, 0.1) is 5.92 Å². The molecule has 2 aliphatic carbocycles. The van der Waals surface area contributed by atoms with Gasteiger partial charge in [0.05, 0.1) is 5.52 Å². The second-order valence-corrected chi connectivity index (χ2v) is 7.45. The predicted molar refractivity (Wildman–Crippen MR) is 106 cm³/mol. The van der Waals surface area contributed by atoms with E-state index in [1.807, 2.05) is 0 Å². The Labute approximate surface area is 147 Å². The van der Waals surface area contributed by atoms with Crippen LogP contribution in [0.5, 0.6) is 0 Å². The van der Waals surface area contributed by atoms with Gasteiger partial charge in [-0.2, -0.15) is 0 Å². The van der Waals surface area contributed by atoms with Crippen LogP contribution in [0.1, 0.15) is 24.0 Å². The van der Waals surface area contributed by atoms with Crippen LogP contribution in [0.2, 0.25) is 0 Å². The molecule has 0 saturated heterocycles. The molecule has 1 saturated carbocycles. The largest absolute Gasteiger partial charge is 0.354 e. The lowest BCUT2D eigenvalue weighted by Gasteiger charge is -2.09. The van der Waals surface area contributed by atoms with Crippen molar-refractivity contribution in [2.45, 2.75) is 19.3 Å². The van der Waals surface area contributed by atoms with Crippen molar-refractivity contribution in [1.29, 1.82) is 0 Å². The number of fused-ring (bicyclic) bond motifs is 4. The van der Waals surface area contributed by atoms with Crippen molar-refractivity contribution in [2.24, 2.45) is 5.92 Å². The molecule has 1 N–H and O–H groups in total. The summed E-state index contributed by atoms with van der Waals surface area (Å²) in [5, 5.41) is 2.62. The first-order valence-electron chi connectivity index (χ1n) is 9.21. The first kappa shape index (κ1) is 13.5. The lowest BCUT2D eigenvalue weighted by atomic mass is 9.95. The number of aromatic amines is 1. The fourth-order valence-electron chi connectivity index (χ4n) is 4.44. The Bertz CT molecular complexity index is 1170. The fraction of sp³-hybridized carbons (Fsp3) is 0.167. The zero-order valence-corrected chi connectivity index (χ0v) is 14.0. The quantitative estimate of drug-likeness (QED) is 0.443. The Kier molecular flexibility index (Phi) is 2.62. The first-order valence-corrected chi connectivity index (χ1v) is 9.21. The highest BCUT2D eigenvalue weighted by molar-refractivity contribution is 6.12. The van der Waals surface area contributed by atoms with Gasteiger partial charge >= 0.3 is 0 Å². The molecule has 4 aromatic rings. The summed E-state index contributed by atoms with van der Waals surface area (Å²) in [6.45, 7) is 0. The van der Waals surface area contributed by atoms with E-state index in [1.54, 1.807) is 5.57 Å². The molecule has 3 aromatic carbocycles. The molecule has 0 aliphatic heterocycles. The standard InChI is InChI=1S/C24H19N/c1-2-10-23-19(6-1)21-9-4-8-20(24(21)25-23)18-7-3-5-16-13-17(14-22(16)18)15-11-12-15/h1-10,14-15,25H,11-13H2. The van der Waals surface area contributed by atoms with Gasteiger partial charge in [-0.1, -0.05) is 66.2 Å². The lowest BCUT2D eigenvalue weighted by molar-refractivity contribution is 0.962. The zero-order valence-electron chi connectivity index (χ0n) is 14.0. The molecule has 120 valence electrons. The maximum Gasteiger partial charge on any atom is 0.0544 e. The molecule has 0 amide bonds. The van der Waals surface area contributed by atoms with Crippen molar-refractivity contribution in [3.05, 3.63) is 77.4 Å². The molecular formula is C24H19N. The third-order valence-corrected chi connectivity index (χ3v) is 5.85. The van der Waals surface area contributed by atoms with E-state index < -0.39 is 0 Å². The third kappa shape index (κ3) is 1.96. The number of hydrogen-bond acceptors (Lipinski definition) is 0. The molecule has 1 nitrogen and oxygen atoms in total. The van der Waals surface area contributed by atoms with Crippen molar-refractivity contribution in [3.8, 4) is 11.1 Å². The zero-order chi connectivity index (χ0) is 16.4. The number of benzene rings is 3. The molecule has 6 rings (SSSR count). The Morgan fingerprint density at radius 3 is 2.48 bits per heavy atom. The van der Waals surface area contributed by atoms with Crippen molar-refractivity contribution in [2.75, 3.05) is 0 Å². The Balaban J connectivity index is 1.63. The average Bonchev–Trinajstić information content (AvgIpc) is 3.29. The Morgan fingerprint density at radius 1 is 0.760 bits per heavy atom. The molecule has 1 fully saturated rings. The van der Waals surface area contributed by atoms with E-state index >= 15 is 0 Å². The fourth-order valence-corrected chi connectivity index (χ4v) is 4.44. The summed E-state index contributed by atoms with van der Waals surface area (Å²) in [6.07, 6.45) is 6.39. The average molecular weight is 321 g/mol. The highest BCUT2D eigenvalue weighted by atomic mass is 14.7. The van der Waals surface area contributed by atoms with Gasteiger partial charge in [0, 0.05) is 21.9 Å². The predicted octanol–water partition coefficient (Wildman–Crippen LogP) is 6.34. The van der Waals surface area contributed by atoms with E-state index in [0.29, 0.717) is 0 Å². The minimum Gasteiger partial charge on any atom is -0.354 e. The SMILES string of the molecule is C1=C(C2CC2)Cc2cccc(-c3cccc4c3[nH]c3ccccc34)c21. The minimum absolute atomic E-state index is 0.851. The molecule has 25 heavy (non-hydrogen) atoms. The summed E-state index contributed by atoms with van der Waals surface area (Å²) in [5.74, 6) is 0.851. The van der Waals surface area contributed by atoms with Crippen molar-refractivity contribution < 1.29 is 0 Å². The van der Waals surface area contributed by atoms with Gasteiger partial charge in [-0.15, -0.1) is 0 Å². The van der Waals surface area contributed by atoms with E-state index in [2.05, 4.69) is 71.7 Å². The molecule has 0 atom stereocenters. The van der Waals surface area contributed by atoms with Crippen LogP contribution >= 0.6 is 0 Å². The Morgan fingerprint density at radius 2 is 1.56 bits per heavy atom. The van der Waals surface area contributed by atoms with Crippen molar-refractivity contribution in [3.63, 3.8) is 0 Å². The summed E-state index contributed by atoms with van der Waals surface area (Å²) >= 11 is 0. The van der Waals surface area contributed by atoms with Gasteiger partial charge in [0.15, 0.2) is 0 Å². The van der Waals surface area contributed by atoms with Gasteiger partial charge < -0.3 is 4.98 Å². The second kappa shape index (κ2) is 4.86. The number of aromatic nitrogens is 1. The number of para-hydroxylation sites is 2. The van der Waals surface area contributed by atoms with E-state index in [9.17, 15) is 0 Å². The van der Waals surface area contributed by atoms with Gasteiger partial charge in [0.2, 0.25) is 0 Å².